The van der Waals surface area contributed by atoms with Crippen LogP contribution in [0.15, 0.2) is 58.8 Å². The van der Waals surface area contributed by atoms with Gasteiger partial charge in [-0.1, -0.05) is 18.2 Å². The summed E-state index contributed by atoms with van der Waals surface area (Å²) in [6.07, 6.45) is 0. The Morgan fingerprint density at radius 2 is 2.00 bits per heavy atom. The number of anilines is 1. The molecule has 1 aromatic heterocycles. The third kappa shape index (κ3) is 4.33. The molecule has 0 aliphatic rings. The first-order chi connectivity index (χ1) is 13.3. The summed E-state index contributed by atoms with van der Waals surface area (Å²) in [6, 6.07) is 13.4. The largest absolute Gasteiger partial charge is 0.497 e. The number of thiophene rings is 1. The zero-order valence-corrected chi connectivity index (χ0v) is 16.5. The fourth-order valence-corrected chi connectivity index (χ4v) is 4.42. The Morgan fingerprint density at radius 3 is 2.61 bits per heavy atom. The third-order valence-electron chi connectivity index (χ3n) is 4.04. The standard InChI is InChI=1S/C19H18N2O5S2/c1-26-14-5-2-4-12(8-14)11-21-15-9-13(19(22)23)10-17(28(20,24)25)18(15)16-6-3-7-27-16/h2-10,21H,11H2,1H3,(H,22,23)(H2,20,24,25). The molecule has 0 saturated heterocycles. The minimum absolute atomic E-state index is 0.169. The second-order valence-electron chi connectivity index (χ2n) is 5.93. The number of nitrogens with one attached hydrogen (secondary N) is 1. The zero-order valence-electron chi connectivity index (χ0n) is 14.9. The topological polar surface area (TPSA) is 119 Å². The van der Waals surface area contributed by atoms with Crippen LogP contribution in [0.25, 0.3) is 10.4 Å². The number of ether oxygens (including phenoxy) is 1. The van der Waals surface area contributed by atoms with Crippen molar-refractivity contribution in [2.75, 3.05) is 12.4 Å². The van der Waals surface area contributed by atoms with Crippen LogP contribution in [0, 0.1) is 0 Å². The zero-order chi connectivity index (χ0) is 20.3. The van der Waals surface area contributed by atoms with E-state index in [1.807, 2.05) is 24.3 Å². The number of primary sulfonamides is 1. The number of carboxylic acids is 1. The summed E-state index contributed by atoms with van der Waals surface area (Å²) < 4.78 is 29.6. The highest BCUT2D eigenvalue weighted by Crippen LogP contribution is 2.38. The van der Waals surface area contributed by atoms with Crippen LogP contribution in [0.3, 0.4) is 0 Å². The molecule has 146 valence electrons. The molecule has 3 rings (SSSR count). The SMILES string of the molecule is COc1cccc(CNc2cc(C(=O)O)cc(S(N)(=O)=O)c2-c2cccs2)c1. The van der Waals surface area contributed by atoms with Crippen LogP contribution in [0.2, 0.25) is 0 Å². The molecule has 9 heteroatoms. The van der Waals surface area contributed by atoms with E-state index in [0.717, 1.165) is 11.6 Å². The summed E-state index contributed by atoms with van der Waals surface area (Å²) in [4.78, 5) is 11.9. The van der Waals surface area contributed by atoms with Gasteiger partial charge in [0.2, 0.25) is 10.0 Å². The number of rotatable bonds is 7. The Kier molecular flexibility index (Phi) is 5.68. The second-order valence-corrected chi connectivity index (χ2v) is 8.41. The lowest BCUT2D eigenvalue weighted by Gasteiger charge is -2.16. The van der Waals surface area contributed by atoms with Gasteiger partial charge in [0, 0.05) is 22.7 Å². The van der Waals surface area contributed by atoms with Crippen molar-refractivity contribution in [2.24, 2.45) is 5.14 Å². The number of carbonyl (C=O) groups is 1. The van der Waals surface area contributed by atoms with E-state index in [1.165, 1.54) is 17.4 Å². The van der Waals surface area contributed by atoms with Crippen LogP contribution >= 0.6 is 11.3 Å². The minimum Gasteiger partial charge on any atom is -0.497 e. The molecule has 0 spiro atoms. The molecule has 0 saturated carbocycles. The number of hydrogen-bond donors (Lipinski definition) is 3. The average Bonchev–Trinajstić information content (AvgIpc) is 3.19. The summed E-state index contributed by atoms with van der Waals surface area (Å²) in [7, 11) is -2.58. The van der Waals surface area contributed by atoms with Gasteiger partial charge >= 0.3 is 5.97 Å². The van der Waals surface area contributed by atoms with Gasteiger partial charge in [-0.3, -0.25) is 0 Å². The van der Waals surface area contributed by atoms with E-state index in [-0.39, 0.29) is 10.5 Å². The Morgan fingerprint density at radius 1 is 1.21 bits per heavy atom. The van der Waals surface area contributed by atoms with Gasteiger partial charge in [-0.15, -0.1) is 11.3 Å². The summed E-state index contributed by atoms with van der Waals surface area (Å²) in [6.45, 7) is 0.336. The highest BCUT2D eigenvalue weighted by atomic mass is 32.2. The lowest BCUT2D eigenvalue weighted by Crippen LogP contribution is -2.16. The Balaban J connectivity index is 2.12. The molecule has 0 aliphatic carbocycles. The van der Waals surface area contributed by atoms with Crippen molar-refractivity contribution in [1.82, 2.24) is 0 Å². The maximum Gasteiger partial charge on any atom is 0.335 e. The number of nitrogens with two attached hydrogens (primary N) is 1. The molecule has 0 amide bonds. The van der Waals surface area contributed by atoms with Crippen molar-refractivity contribution in [3.63, 3.8) is 0 Å². The fraction of sp³-hybridized carbons (Fsp3) is 0.105. The molecular formula is C19H18N2O5S2. The van der Waals surface area contributed by atoms with Crippen LogP contribution in [-0.4, -0.2) is 26.6 Å². The van der Waals surface area contributed by atoms with Crippen LogP contribution < -0.4 is 15.2 Å². The van der Waals surface area contributed by atoms with Gasteiger partial charge < -0.3 is 15.2 Å². The third-order valence-corrected chi connectivity index (χ3v) is 5.86. The fourth-order valence-electron chi connectivity index (χ4n) is 2.76. The number of aromatic carboxylic acids is 1. The van der Waals surface area contributed by atoms with Gasteiger partial charge in [0.1, 0.15) is 5.75 Å². The summed E-state index contributed by atoms with van der Waals surface area (Å²) in [5, 5.41) is 19.7. The molecule has 0 bridgehead atoms. The van der Waals surface area contributed by atoms with Crippen LogP contribution in [-0.2, 0) is 16.6 Å². The quantitative estimate of drug-likeness (QED) is 0.541. The Bertz CT molecular complexity index is 1110. The lowest BCUT2D eigenvalue weighted by molar-refractivity contribution is 0.0696. The number of sulfonamides is 1. The molecule has 0 unspecified atom stereocenters. The number of hydrogen-bond acceptors (Lipinski definition) is 6. The van der Waals surface area contributed by atoms with Gasteiger partial charge in [0.15, 0.2) is 0 Å². The average molecular weight is 418 g/mol. The first kappa shape index (κ1) is 19.9. The van der Waals surface area contributed by atoms with E-state index < -0.39 is 16.0 Å². The van der Waals surface area contributed by atoms with Crippen molar-refractivity contribution < 1.29 is 23.1 Å². The maximum atomic E-state index is 12.2. The molecule has 7 nitrogen and oxygen atoms in total. The summed E-state index contributed by atoms with van der Waals surface area (Å²) >= 11 is 1.34. The molecule has 0 radical (unpaired) electrons. The number of benzene rings is 2. The van der Waals surface area contributed by atoms with Crippen LogP contribution in [0.1, 0.15) is 15.9 Å². The van der Waals surface area contributed by atoms with Crippen molar-refractivity contribution in [1.29, 1.82) is 0 Å². The van der Waals surface area contributed by atoms with Gasteiger partial charge in [0.25, 0.3) is 0 Å². The normalized spacial score (nSPS) is 11.2. The Hall–Kier alpha value is -2.88. The van der Waals surface area contributed by atoms with Gasteiger partial charge in [-0.25, -0.2) is 18.4 Å². The maximum absolute atomic E-state index is 12.2. The van der Waals surface area contributed by atoms with Gasteiger partial charge in [0.05, 0.1) is 17.6 Å². The van der Waals surface area contributed by atoms with Crippen molar-refractivity contribution >= 4 is 33.0 Å². The summed E-state index contributed by atoms with van der Waals surface area (Å²) in [5.74, 6) is -0.561. The molecule has 3 aromatic rings. The molecule has 2 aromatic carbocycles. The predicted octanol–water partition coefficient (Wildman–Crippen LogP) is 3.38. The van der Waals surface area contributed by atoms with Gasteiger partial charge in [-0.05, 0) is 41.3 Å². The van der Waals surface area contributed by atoms with E-state index in [2.05, 4.69) is 5.32 Å². The molecule has 1 heterocycles. The summed E-state index contributed by atoms with van der Waals surface area (Å²) in [5.41, 5.74) is 1.44. The molecule has 28 heavy (non-hydrogen) atoms. The minimum atomic E-state index is -4.15. The molecule has 0 atom stereocenters. The van der Waals surface area contributed by atoms with E-state index >= 15 is 0 Å². The lowest BCUT2D eigenvalue weighted by atomic mass is 10.1. The Labute approximate surface area is 166 Å². The smallest absolute Gasteiger partial charge is 0.335 e. The van der Waals surface area contributed by atoms with Crippen LogP contribution in [0.4, 0.5) is 5.69 Å². The molecule has 0 fully saturated rings. The highest BCUT2D eigenvalue weighted by Gasteiger charge is 2.23. The first-order valence-electron chi connectivity index (χ1n) is 8.14. The van der Waals surface area contributed by atoms with Crippen molar-refractivity contribution in [3.05, 3.63) is 65.0 Å². The second kappa shape index (κ2) is 8.01. The van der Waals surface area contributed by atoms with Crippen molar-refractivity contribution in [3.8, 4) is 16.2 Å². The van der Waals surface area contributed by atoms with E-state index in [1.54, 1.807) is 24.6 Å². The monoisotopic (exact) mass is 418 g/mol. The van der Waals surface area contributed by atoms with E-state index in [0.29, 0.717) is 28.4 Å². The molecule has 4 N–H and O–H groups in total. The van der Waals surface area contributed by atoms with Crippen molar-refractivity contribution in [2.45, 2.75) is 11.4 Å². The number of methoxy groups -OCH3 is 1. The van der Waals surface area contributed by atoms with Crippen LogP contribution in [0.5, 0.6) is 5.75 Å². The first-order valence-corrected chi connectivity index (χ1v) is 10.6. The highest BCUT2D eigenvalue weighted by molar-refractivity contribution is 7.89. The van der Waals surface area contributed by atoms with E-state index in [4.69, 9.17) is 9.88 Å². The molecular weight excluding hydrogens is 400 g/mol. The van der Waals surface area contributed by atoms with E-state index in [9.17, 15) is 18.3 Å². The molecule has 0 aliphatic heterocycles. The predicted molar refractivity (Wildman–Crippen MR) is 108 cm³/mol. The number of carboxylic acid groups (broad SMARTS) is 1. The van der Waals surface area contributed by atoms with Gasteiger partial charge in [-0.2, -0.15) is 0 Å².